The van der Waals surface area contributed by atoms with Crippen molar-refractivity contribution in [2.24, 2.45) is 5.10 Å². The first-order valence-electron chi connectivity index (χ1n) is 11.2. The second-order valence-corrected chi connectivity index (χ2v) is 8.62. The van der Waals surface area contributed by atoms with E-state index in [2.05, 4.69) is 10.5 Å². The monoisotopic (exact) mass is 520 g/mol. The van der Waals surface area contributed by atoms with Crippen LogP contribution in [0.5, 0.6) is 11.5 Å². The quantitative estimate of drug-likeness (QED) is 0.122. The van der Waals surface area contributed by atoms with Gasteiger partial charge in [0.1, 0.15) is 11.5 Å². The summed E-state index contributed by atoms with van der Waals surface area (Å²) in [6.07, 6.45) is 1.01. The Labute approximate surface area is 218 Å². The molecule has 1 atom stereocenters. The first-order valence-corrected chi connectivity index (χ1v) is 12.0. The Kier molecular flexibility index (Phi) is 8.21. The predicted molar refractivity (Wildman–Crippen MR) is 142 cm³/mol. The zero-order chi connectivity index (χ0) is 25.5. The van der Waals surface area contributed by atoms with Crippen LogP contribution >= 0.6 is 23.2 Å². The van der Waals surface area contributed by atoms with Crippen LogP contribution < -0.4 is 14.9 Å². The van der Waals surface area contributed by atoms with Crippen molar-refractivity contribution >= 4 is 52.1 Å². The van der Waals surface area contributed by atoms with Crippen molar-refractivity contribution in [1.29, 1.82) is 0 Å². The molecule has 0 spiro atoms. The molecule has 0 aliphatic heterocycles. The van der Waals surface area contributed by atoms with Crippen LogP contribution in [0.25, 0.3) is 10.8 Å². The number of nitrogens with one attached hydrogen (secondary N) is 1. The fraction of sp³-hybridized carbons (Fsp3) is 0.107. The highest BCUT2D eigenvalue weighted by atomic mass is 35.5. The second-order valence-electron chi connectivity index (χ2n) is 7.78. The van der Waals surface area contributed by atoms with Gasteiger partial charge in [-0.05, 0) is 53.6 Å². The van der Waals surface area contributed by atoms with Gasteiger partial charge >= 0.3 is 5.97 Å². The lowest BCUT2D eigenvalue weighted by molar-refractivity contribution is -0.128. The van der Waals surface area contributed by atoms with Crippen molar-refractivity contribution in [2.45, 2.75) is 19.4 Å². The van der Waals surface area contributed by atoms with Crippen molar-refractivity contribution in [3.63, 3.8) is 0 Å². The number of carbonyl (C=O) groups is 2. The minimum absolute atomic E-state index is 0.304. The fourth-order valence-electron chi connectivity index (χ4n) is 3.51. The third kappa shape index (κ3) is 6.03. The number of ether oxygens (including phenoxy) is 2. The molecule has 4 aromatic rings. The number of esters is 1. The van der Waals surface area contributed by atoms with E-state index in [1.54, 1.807) is 48.5 Å². The van der Waals surface area contributed by atoms with E-state index in [9.17, 15) is 9.59 Å². The largest absolute Gasteiger partial charge is 0.479 e. The molecule has 6 nitrogen and oxygen atoms in total. The Morgan fingerprint density at radius 1 is 0.944 bits per heavy atom. The Morgan fingerprint density at radius 2 is 1.67 bits per heavy atom. The minimum Gasteiger partial charge on any atom is -0.479 e. The van der Waals surface area contributed by atoms with Gasteiger partial charge < -0.3 is 9.47 Å². The van der Waals surface area contributed by atoms with Gasteiger partial charge in [-0.1, -0.05) is 78.7 Å². The molecule has 0 radical (unpaired) electrons. The molecule has 4 aromatic carbocycles. The van der Waals surface area contributed by atoms with Crippen LogP contribution in [0, 0.1) is 0 Å². The highest BCUT2D eigenvalue weighted by molar-refractivity contribution is 6.35. The van der Waals surface area contributed by atoms with E-state index in [1.807, 2.05) is 43.3 Å². The van der Waals surface area contributed by atoms with E-state index in [0.29, 0.717) is 39.1 Å². The lowest BCUT2D eigenvalue weighted by Crippen LogP contribution is -2.35. The summed E-state index contributed by atoms with van der Waals surface area (Å²) in [5, 5.41) is 6.64. The Hall–Kier alpha value is -3.87. The van der Waals surface area contributed by atoms with Crippen LogP contribution in [0.3, 0.4) is 0 Å². The summed E-state index contributed by atoms with van der Waals surface area (Å²) in [7, 11) is 0. The van der Waals surface area contributed by atoms with Crippen LogP contribution in [0.4, 0.5) is 0 Å². The van der Waals surface area contributed by atoms with Crippen LogP contribution in [0.15, 0.2) is 90.0 Å². The molecule has 4 rings (SSSR count). The summed E-state index contributed by atoms with van der Waals surface area (Å²) in [5.74, 6) is -0.292. The SMILES string of the molecule is CCC(Oc1ccc(Cl)cc1Cl)C(=O)NN=Cc1c(OC(=O)c2ccccc2)ccc2ccccc12. The molecule has 0 heterocycles. The summed E-state index contributed by atoms with van der Waals surface area (Å²) in [4.78, 5) is 25.4. The van der Waals surface area contributed by atoms with E-state index in [-0.39, 0.29) is 0 Å². The number of amides is 1. The molecule has 182 valence electrons. The highest BCUT2D eigenvalue weighted by Gasteiger charge is 2.20. The van der Waals surface area contributed by atoms with E-state index in [0.717, 1.165) is 10.8 Å². The smallest absolute Gasteiger partial charge is 0.343 e. The van der Waals surface area contributed by atoms with Crippen LogP contribution in [0.2, 0.25) is 10.0 Å². The topological polar surface area (TPSA) is 77.0 Å². The van der Waals surface area contributed by atoms with Crippen LogP contribution in [0.1, 0.15) is 29.3 Å². The van der Waals surface area contributed by atoms with Gasteiger partial charge in [0.05, 0.1) is 16.8 Å². The molecule has 1 amide bonds. The summed E-state index contributed by atoms with van der Waals surface area (Å²) >= 11 is 12.1. The van der Waals surface area contributed by atoms with Crippen molar-refractivity contribution in [2.75, 3.05) is 0 Å². The molecule has 0 aromatic heterocycles. The van der Waals surface area contributed by atoms with Gasteiger partial charge in [0.15, 0.2) is 6.10 Å². The number of benzene rings is 4. The number of hydrazone groups is 1. The van der Waals surface area contributed by atoms with Crippen molar-refractivity contribution in [3.05, 3.63) is 106 Å². The standard InChI is InChI=1S/C28H22Cl2N2O4/c1-2-24(35-26-15-13-20(29)16-23(26)30)27(33)32-31-17-22-21-11-7-6-8-18(21)12-14-25(22)36-28(34)19-9-4-3-5-10-19/h3-17,24H,2H2,1H3,(H,32,33). The molecular weight excluding hydrogens is 499 g/mol. The molecule has 0 bridgehead atoms. The zero-order valence-corrected chi connectivity index (χ0v) is 20.8. The molecule has 36 heavy (non-hydrogen) atoms. The van der Waals surface area contributed by atoms with Crippen LogP contribution in [-0.2, 0) is 4.79 Å². The molecule has 0 fully saturated rings. The van der Waals surface area contributed by atoms with Crippen molar-refractivity contribution in [3.8, 4) is 11.5 Å². The Morgan fingerprint density at radius 3 is 2.42 bits per heavy atom. The molecule has 0 saturated carbocycles. The summed E-state index contributed by atoms with van der Waals surface area (Å²) in [6.45, 7) is 1.81. The molecule has 0 aliphatic rings. The maximum absolute atomic E-state index is 12.8. The third-order valence-corrected chi connectivity index (χ3v) is 5.87. The molecule has 1 N–H and O–H groups in total. The number of nitrogens with zero attached hydrogens (tertiary/aromatic N) is 1. The molecule has 0 aliphatic carbocycles. The van der Waals surface area contributed by atoms with Gasteiger partial charge in [0.25, 0.3) is 5.91 Å². The van der Waals surface area contributed by atoms with E-state index >= 15 is 0 Å². The number of hydrogen-bond donors (Lipinski definition) is 1. The predicted octanol–water partition coefficient (Wildman–Crippen LogP) is 6.67. The normalized spacial score (nSPS) is 11.9. The van der Waals surface area contributed by atoms with E-state index in [4.69, 9.17) is 32.7 Å². The first-order chi connectivity index (χ1) is 17.5. The van der Waals surface area contributed by atoms with Gasteiger partial charge in [-0.15, -0.1) is 0 Å². The average Bonchev–Trinajstić information content (AvgIpc) is 2.89. The summed E-state index contributed by atoms with van der Waals surface area (Å²) < 4.78 is 11.4. The fourth-order valence-corrected chi connectivity index (χ4v) is 3.96. The van der Waals surface area contributed by atoms with E-state index < -0.39 is 18.0 Å². The van der Waals surface area contributed by atoms with Crippen molar-refractivity contribution < 1.29 is 19.1 Å². The van der Waals surface area contributed by atoms with Gasteiger partial charge in [0, 0.05) is 10.6 Å². The summed E-state index contributed by atoms with van der Waals surface area (Å²) in [5.41, 5.74) is 3.48. The van der Waals surface area contributed by atoms with Crippen LogP contribution in [-0.4, -0.2) is 24.2 Å². The number of fused-ring (bicyclic) bond motifs is 1. The van der Waals surface area contributed by atoms with Crippen molar-refractivity contribution in [1.82, 2.24) is 5.43 Å². The second kappa shape index (κ2) is 11.7. The minimum atomic E-state index is -0.830. The van der Waals surface area contributed by atoms with E-state index in [1.165, 1.54) is 6.21 Å². The van der Waals surface area contributed by atoms with Gasteiger partial charge in [-0.2, -0.15) is 5.10 Å². The molecule has 1 unspecified atom stereocenters. The number of halogens is 2. The maximum atomic E-state index is 12.8. The van der Waals surface area contributed by atoms with Gasteiger partial charge in [-0.3, -0.25) is 4.79 Å². The third-order valence-electron chi connectivity index (χ3n) is 5.34. The number of hydrogen-bond acceptors (Lipinski definition) is 5. The molecule has 0 saturated heterocycles. The maximum Gasteiger partial charge on any atom is 0.343 e. The first kappa shape index (κ1) is 25.2. The lowest BCUT2D eigenvalue weighted by Gasteiger charge is -2.16. The Bertz CT molecular complexity index is 1420. The number of rotatable bonds is 8. The average molecular weight is 521 g/mol. The summed E-state index contributed by atoms with van der Waals surface area (Å²) in [6, 6.07) is 24.6. The molecule has 8 heteroatoms. The van der Waals surface area contributed by atoms with Gasteiger partial charge in [0.2, 0.25) is 0 Å². The molecular formula is C28H22Cl2N2O4. The van der Waals surface area contributed by atoms with Gasteiger partial charge in [-0.25, -0.2) is 10.2 Å². The Balaban J connectivity index is 1.55. The lowest BCUT2D eigenvalue weighted by atomic mass is 10.0. The highest BCUT2D eigenvalue weighted by Crippen LogP contribution is 2.29. The zero-order valence-electron chi connectivity index (χ0n) is 19.3. The number of carbonyl (C=O) groups excluding carboxylic acids is 2.